The van der Waals surface area contributed by atoms with Gasteiger partial charge in [-0.05, 0) is 55.8 Å². The first-order chi connectivity index (χ1) is 6.36. The van der Waals surface area contributed by atoms with Crippen molar-refractivity contribution in [3.05, 3.63) is 4.91 Å². The van der Waals surface area contributed by atoms with Crippen LogP contribution in [0.5, 0.6) is 0 Å². The van der Waals surface area contributed by atoms with E-state index in [-0.39, 0.29) is 6.10 Å². The van der Waals surface area contributed by atoms with Crippen LogP contribution in [-0.4, -0.2) is 6.10 Å². The topological polar surface area (TPSA) is 38.7 Å². The van der Waals surface area contributed by atoms with Crippen molar-refractivity contribution in [1.82, 2.24) is 0 Å². The van der Waals surface area contributed by atoms with Crippen LogP contribution in [0.1, 0.15) is 32.1 Å². The average Bonchev–Trinajstić information content (AvgIpc) is 2.10. The maximum atomic E-state index is 10.1. The Morgan fingerprint density at radius 3 is 1.92 bits per heavy atom. The SMILES string of the molecule is O=NOC1C2CC3CC(C2)CC1C3. The Labute approximate surface area is 77.8 Å². The molecule has 0 N–H and O–H groups in total. The Balaban J connectivity index is 1.81. The van der Waals surface area contributed by atoms with Gasteiger partial charge in [-0.15, -0.1) is 4.91 Å². The van der Waals surface area contributed by atoms with E-state index < -0.39 is 0 Å². The van der Waals surface area contributed by atoms with E-state index in [0.29, 0.717) is 11.8 Å². The molecule has 72 valence electrons. The third-order valence-electron chi connectivity index (χ3n) is 4.30. The number of hydrogen-bond donors (Lipinski definition) is 0. The van der Waals surface area contributed by atoms with Gasteiger partial charge in [-0.3, -0.25) is 0 Å². The van der Waals surface area contributed by atoms with E-state index >= 15 is 0 Å². The van der Waals surface area contributed by atoms with Crippen molar-refractivity contribution < 1.29 is 4.84 Å². The molecular weight excluding hydrogens is 166 g/mol. The minimum absolute atomic E-state index is 0.172. The van der Waals surface area contributed by atoms with Crippen molar-refractivity contribution >= 4 is 0 Å². The Hall–Kier alpha value is -0.600. The molecule has 0 atom stereocenters. The van der Waals surface area contributed by atoms with Crippen molar-refractivity contribution in [3.8, 4) is 0 Å². The Kier molecular flexibility index (Phi) is 1.61. The van der Waals surface area contributed by atoms with Crippen LogP contribution < -0.4 is 0 Å². The molecule has 0 aromatic heterocycles. The van der Waals surface area contributed by atoms with Gasteiger partial charge in [0.2, 0.25) is 0 Å². The highest BCUT2D eigenvalue weighted by molar-refractivity contribution is 4.98. The zero-order valence-corrected chi connectivity index (χ0v) is 7.69. The molecule has 0 spiro atoms. The number of nitrogens with zero attached hydrogens (tertiary/aromatic N) is 1. The lowest BCUT2D eigenvalue weighted by molar-refractivity contribution is -0.127. The molecule has 3 heteroatoms. The summed E-state index contributed by atoms with van der Waals surface area (Å²) in [6.45, 7) is 0. The van der Waals surface area contributed by atoms with E-state index in [4.69, 9.17) is 4.84 Å². The first-order valence-corrected chi connectivity index (χ1v) is 5.35. The summed E-state index contributed by atoms with van der Waals surface area (Å²) >= 11 is 0. The second-order valence-corrected chi connectivity index (χ2v) is 5.08. The second kappa shape index (κ2) is 2.69. The molecule has 3 nitrogen and oxygen atoms in total. The largest absolute Gasteiger partial charge is 0.360 e. The van der Waals surface area contributed by atoms with Crippen molar-refractivity contribution in [3.63, 3.8) is 0 Å². The molecule has 4 rings (SSSR count). The lowest BCUT2D eigenvalue weighted by Crippen LogP contribution is -2.48. The Morgan fingerprint density at radius 2 is 1.46 bits per heavy atom. The molecule has 13 heavy (non-hydrogen) atoms. The summed E-state index contributed by atoms with van der Waals surface area (Å²) in [5.41, 5.74) is 0. The lowest BCUT2D eigenvalue weighted by atomic mass is 9.55. The predicted octanol–water partition coefficient (Wildman–Crippen LogP) is 2.51. The normalized spacial score (nSPS) is 52.2. The van der Waals surface area contributed by atoms with Crippen molar-refractivity contribution in [2.45, 2.75) is 38.2 Å². The molecule has 0 aromatic rings. The fourth-order valence-electron chi connectivity index (χ4n) is 4.10. The second-order valence-electron chi connectivity index (χ2n) is 5.08. The molecule has 0 unspecified atom stereocenters. The first kappa shape index (κ1) is 7.77. The summed E-state index contributed by atoms with van der Waals surface area (Å²) in [7, 11) is 0. The van der Waals surface area contributed by atoms with Crippen LogP contribution in [0.25, 0.3) is 0 Å². The van der Waals surface area contributed by atoms with Crippen LogP contribution in [0.3, 0.4) is 0 Å². The zero-order chi connectivity index (χ0) is 8.84. The van der Waals surface area contributed by atoms with Gasteiger partial charge in [-0.1, -0.05) is 0 Å². The molecule has 0 aliphatic heterocycles. The van der Waals surface area contributed by atoms with Gasteiger partial charge in [0.05, 0.1) is 0 Å². The standard InChI is InChI=1S/C10H15NO2/c12-11-13-10-8-2-6-1-7(4-8)5-9(10)3-6/h6-10H,1-5H2. The molecule has 0 saturated heterocycles. The van der Waals surface area contributed by atoms with Gasteiger partial charge < -0.3 is 4.84 Å². The minimum atomic E-state index is 0.172. The highest BCUT2D eigenvalue weighted by Crippen LogP contribution is 2.54. The maximum Gasteiger partial charge on any atom is 0.155 e. The predicted molar refractivity (Wildman–Crippen MR) is 47.7 cm³/mol. The summed E-state index contributed by atoms with van der Waals surface area (Å²) in [6, 6.07) is 0. The van der Waals surface area contributed by atoms with Crippen molar-refractivity contribution in [2.75, 3.05) is 0 Å². The van der Waals surface area contributed by atoms with E-state index in [9.17, 15) is 4.91 Å². The molecule has 0 radical (unpaired) electrons. The van der Waals surface area contributed by atoms with E-state index in [1.807, 2.05) is 0 Å². The monoisotopic (exact) mass is 181 g/mol. The quantitative estimate of drug-likeness (QED) is 0.485. The van der Waals surface area contributed by atoms with Crippen molar-refractivity contribution in [2.24, 2.45) is 29.0 Å². The number of hydrogen-bond acceptors (Lipinski definition) is 3. The van der Waals surface area contributed by atoms with Crippen LogP contribution >= 0.6 is 0 Å². The van der Waals surface area contributed by atoms with Crippen LogP contribution in [0.4, 0.5) is 0 Å². The van der Waals surface area contributed by atoms with Crippen LogP contribution in [0.2, 0.25) is 0 Å². The summed E-state index contributed by atoms with van der Waals surface area (Å²) < 4.78 is 0. The molecule has 4 aliphatic carbocycles. The van der Waals surface area contributed by atoms with Crippen molar-refractivity contribution in [1.29, 1.82) is 0 Å². The van der Waals surface area contributed by atoms with Gasteiger partial charge in [0.25, 0.3) is 0 Å². The fraction of sp³-hybridized carbons (Fsp3) is 1.00. The van der Waals surface area contributed by atoms with Crippen LogP contribution in [0, 0.1) is 28.6 Å². The highest BCUT2D eigenvalue weighted by Gasteiger charge is 2.49. The van der Waals surface area contributed by atoms with E-state index in [1.54, 1.807) is 0 Å². The molecule has 0 heterocycles. The lowest BCUT2D eigenvalue weighted by Gasteiger charge is -2.52. The smallest absolute Gasteiger partial charge is 0.155 e. The van der Waals surface area contributed by atoms with Gasteiger partial charge >= 0.3 is 0 Å². The van der Waals surface area contributed by atoms with Crippen LogP contribution in [-0.2, 0) is 4.84 Å². The molecule has 4 bridgehead atoms. The van der Waals surface area contributed by atoms with Crippen LogP contribution in [0.15, 0.2) is 5.34 Å². The molecule has 4 fully saturated rings. The zero-order valence-electron chi connectivity index (χ0n) is 7.69. The molecule has 0 aromatic carbocycles. The summed E-state index contributed by atoms with van der Waals surface area (Å²) in [5, 5.41) is 2.63. The van der Waals surface area contributed by atoms with Gasteiger partial charge in [0.15, 0.2) is 5.34 Å². The van der Waals surface area contributed by atoms with Gasteiger partial charge in [0, 0.05) is 0 Å². The highest BCUT2D eigenvalue weighted by atomic mass is 16.7. The fourth-order valence-corrected chi connectivity index (χ4v) is 4.10. The third-order valence-corrected chi connectivity index (χ3v) is 4.30. The Morgan fingerprint density at radius 1 is 0.923 bits per heavy atom. The first-order valence-electron chi connectivity index (χ1n) is 5.35. The maximum absolute atomic E-state index is 10.1. The molecule has 0 amide bonds. The summed E-state index contributed by atoms with van der Waals surface area (Å²) in [6.07, 6.45) is 6.75. The third kappa shape index (κ3) is 1.09. The van der Waals surface area contributed by atoms with E-state index in [2.05, 4.69) is 5.34 Å². The molecule has 4 aliphatic rings. The minimum Gasteiger partial charge on any atom is -0.360 e. The average molecular weight is 181 g/mol. The van der Waals surface area contributed by atoms with E-state index in [1.165, 1.54) is 32.1 Å². The summed E-state index contributed by atoms with van der Waals surface area (Å²) in [5.74, 6) is 3.17. The Bertz CT molecular complexity index is 201. The number of rotatable bonds is 2. The van der Waals surface area contributed by atoms with E-state index in [0.717, 1.165) is 11.8 Å². The van der Waals surface area contributed by atoms with Gasteiger partial charge in [0.1, 0.15) is 6.10 Å². The molecular formula is C10H15NO2. The van der Waals surface area contributed by atoms with Gasteiger partial charge in [-0.25, -0.2) is 0 Å². The summed E-state index contributed by atoms with van der Waals surface area (Å²) in [4.78, 5) is 15.1. The molecule has 4 saturated carbocycles. The van der Waals surface area contributed by atoms with Gasteiger partial charge in [-0.2, -0.15) is 0 Å².